The number of phenols is 1. The van der Waals surface area contributed by atoms with Crippen molar-refractivity contribution in [1.82, 2.24) is 0 Å². The van der Waals surface area contributed by atoms with Gasteiger partial charge in [-0.1, -0.05) is 51.1 Å². The van der Waals surface area contributed by atoms with Crippen molar-refractivity contribution < 1.29 is 14.6 Å². The molecule has 2 aromatic rings. The molecule has 0 aliphatic carbocycles. The number of benzene rings is 2. The van der Waals surface area contributed by atoms with E-state index in [4.69, 9.17) is 4.74 Å². The van der Waals surface area contributed by atoms with Crippen LogP contribution in [0.15, 0.2) is 48.5 Å². The summed E-state index contributed by atoms with van der Waals surface area (Å²) in [4.78, 5) is 11.4. The van der Waals surface area contributed by atoms with Crippen LogP contribution in [-0.2, 0) is 14.9 Å². The molecule has 0 heterocycles. The summed E-state index contributed by atoms with van der Waals surface area (Å²) in [6, 6.07) is 13.8. The zero-order valence-electron chi connectivity index (χ0n) is 14.7. The van der Waals surface area contributed by atoms with Gasteiger partial charge in [-0.3, -0.25) is 0 Å². The van der Waals surface area contributed by atoms with Gasteiger partial charge in [0.25, 0.3) is 0 Å². The minimum absolute atomic E-state index is 0.112. The van der Waals surface area contributed by atoms with Crippen molar-refractivity contribution in [3.8, 4) is 16.9 Å². The van der Waals surface area contributed by atoms with E-state index in [2.05, 4.69) is 45.0 Å². The van der Waals surface area contributed by atoms with Crippen LogP contribution in [0.4, 0.5) is 0 Å². The van der Waals surface area contributed by atoms with Gasteiger partial charge in [0.15, 0.2) is 0 Å². The lowest BCUT2D eigenvalue weighted by Gasteiger charge is -2.19. The zero-order valence-corrected chi connectivity index (χ0v) is 14.7. The van der Waals surface area contributed by atoms with Crippen LogP contribution < -0.4 is 0 Å². The molecule has 0 bridgehead atoms. The molecule has 0 radical (unpaired) electrons. The summed E-state index contributed by atoms with van der Waals surface area (Å²) in [5.74, 6) is -0.289. The number of aromatic hydroxyl groups is 1. The molecule has 3 heteroatoms. The van der Waals surface area contributed by atoms with E-state index < -0.39 is 5.97 Å². The van der Waals surface area contributed by atoms with Crippen molar-refractivity contribution in [1.29, 1.82) is 0 Å². The third kappa shape index (κ3) is 4.48. The summed E-state index contributed by atoms with van der Waals surface area (Å²) < 4.78 is 4.86. The lowest BCUT2D eigenvalue weighted by molar-refractivity contribution is -0.137. The number of rotatable bonds is 4. The minimum atomic E-state index is -0.420. The standard InChI is InChI=1S/C21H24O3/c1-5-24-20(23)13-9-17-14-16(8-12-19(17)22)15-6-10-18(11-7-15)21(2,3)4/h6-14,22H,5H2,1-4H3. The Hall–Kier alpha value is -2.55. The van der Waals surface area contributed by atoms with Gasteiger partial charge in [0.05, 0.1) is 6.61 Å². The Morgan fingerprint density at radius 2 is 1.71 bits per heavy atom. The molecule has 0 fully saturated rings. The van der Waals surface area contributed by atoms with Gasteiger partial charge in [0.2, 0.25) is 0 Å². The molecule has 0 spiro atoms. The molecule has 0 saturated heterocycles. The van der Waals surface area contributed by atoms with Gasteiger partial charge in [0.1, 0.15) is 5.75 Å². The molecule has 1 N–H and O–H groups in total. The van der Waals surface area contributed by atoms with Gasteiger partial charge in [-0.15, -0.1) is 0 Å². The van der Waals surface area contributed by atoms with Crippen LogP contribution in [0.25, 0.3) is 17.2 Å². The summed E-state index contributed by atoms with van der Waals surface area (Å²) in [7, 11) is 0. The fourth-order valence-corrected chi connectivity index (χ4v) is 2.38. The van der Waals surface area contributed by atoms with Crippen molar-refractivity contribution in [3.05, 3.63) is 59.7 Å². The minimum Gasteiger partial charge on any atom is -0.507 e. The van der Waals surface area contributed by atoms with Crippen LogP contribution in [0, 0.1) is 0 Å². The summed E-state index contributed by atoms with van der Waals surface area (Å²) in [6.07, 6.45) is 2.89. The van der Waals surface area contributed by atoms with Gasteiger partial charge in [-0.25, -0.2) is 4.79 Å². The lowest BCUT2D eigenvalue weighted by atomic mass is 9.86. The second kappa shape index (κ2) is 7.35. The molecule has 0 aliphatic rings. The Labute approximate surface area is 143 Å². The van der Waals surface area contributed by atoms with Crippen LogP contribution in [0.5, 0.6) is 5.75 Å². The second-order valence-electron chi connectivity index (χ2n) is 6.69. The molecule has 0 aromatic heterocycles. The van der Waals surface area contributed by atoms with Crippen molar-refractivity contribution in [2.24, 2.45) is 0 Å². The molecular formula is C21H24O3. The number of esters is 1. The highest BCUT2D eigenvalue weighted by atomic mass is 16.5. The Morgan fingerprint density at radius 1 is 1.08 bits per heavy atom. The predicted octanol–water partition coefficient (Wildman–Crippen LogP) is 4.93. The topological polar surface area (TPSA) is 46.5 Å². The summed E-state index contributed by atoms with van der Waals surface area (Å²) >= 11 is 0. The van der Waals surface area contributed by atoms with E-state index in [1.807, 2.05) is 12.1 Å². The molecule has 0 unspecified atom stereocenters. The van der Waals surface area contributed by atoms with Crippen LogP contribution in [-0.4, -0.2) is 17.7 Å². The van der Waals surface area contributed by atoms with Crippen LogP contribution in [0.3, 0.4) is 0 Å². The molecule has 126 valence electrons. The molecule has 0 saturated carbocycles. The van der Waals surface area contributed by atoms with Crippen molar-refractivity contribution in [3.63, 3.8) is 0 Å². The van der Waals surface area contributed by atoms with E-state index in [0.29, 0.717) is 12.2 Å². The van der Waals surface area contributed by atoms with Gasteiger partial charge >= 0.3 is 5.97 Å². The highest BCUT2D eigenvalue weighted by molar-refractivity contribution is 5.88. The number of carbonyl (C=O) groups is 1. The maximum Gasteiger partial charge on any atom is 0.330 e. The zero-order chi connectivity index (χ0) is 17.7. The maximum absolute atomic E-state index is 11.4. The maximum atomic E-state index is 11.4. The Bertz CT molecular complexity index is 735. The Balaban J connectivity index is 2.29. The monoisotopic (exact) mass is 324 g/mol. The van der Waals surface area contributed by atoms with E-state index >= 15 is 0 Å². The average Bonchev–Trinajstić information content (AvgIpc) is 2.54. The van der Waals surface area contributed by atoms with Crippen molar-refractivity contribution in [2.45, 2.75) is 33.1 Å². The Morgan fingerprint density at radius 3 is 2.29 bits per heavy atom. The molecular weight excluding hydrogens is 300 g/mol. The molecule has 2 aromatic carbocycles. The molecule has 0 amide bonds. The highest BCUT2D eigenvalue weighted by Gasteiger charge is 2.13. The number of hydrogen-bond donors (Lipinski definition) is 1. The SMILES string of the molecule is CCOC(=O)C=Cc1cc(-c2ccc(C(C)(C)C)cc2)ccc1O. The van der Waals surface area contributed by atoms with Gasteiger partial charge in [-0.05, 0) is 47.2 Å². The first kappa shape index (κ1) is 17.8. The van der Waals surface area contributed by atoms with Crippen LogP contribution in [0.1, 0.15) is 38.8 Å². The van der Waals surface area contributed by atoms with E-state index in [9.17, 15) is 9.90 Å². The van der Waals surface area contributed by atoms with Crippen LogP contribution in [0.2, 0.25) is 0 Å². The van der Waals surface area contributed by atoms with Gasteiger partial charge in [-0.2, -0.15) is 0 Å². The predicted molar refractivity (Wildman–Crippen MR) is 97.9 cm³/mol. The van der Waals surface area contributed by atoms with Crippen molar-refractivity contribution >= 4 is 12.0 Å². The first-order valence-electron chi connectivity index (χ1n) is 8.10. The second-order valence-corrected chi connectivity index (χ2v) is 6.69. The molecule has 0 atom stereocenters. The average molecular weight is 324 g/mol. The van der Waals surface area contributed by atoms with E-state index in [1.54, 1.807) is 19.1 Å². The number of phenolic OH excluding ortho intramolecular Hbond substituents is 1. The molecule has 24 heavy (non-hydrogen) atoms. The first-order chi connectivity index (χ1) is 11.3. The van der Waals surface area contributed by atoms with Gasteiger partial charge in [0, 0.05) is 11.6 Å². The van der Waals surface area contributed by atoms with Gasteiger partial charge < -0.3 is 9.84 Å². The molecule has 3 nitrogen and oxygen atoms in total. The Kier molecular flexibility index (Phi) is 5.45. The number of ether oxygens (including phenoxy) is 1. The fourth-order valence-electron chi connectivity index (χ4n) is 2.38. The number of hydrogen-bond acceptors (Lipinski definition) is 3. The summed E-state index contributed by atoms with van der Waals surface area (Å²) in [5, 5.41) is 9.97. The third-order valence-corrected chi connectivity index (χ3v) is 3.80. The van der Waals surface area contributed by atoms with Crippen LogP contribution >= 0.6 is 0 Å². The molecule has 0 aliphatic heterocycles. The number of carbonyl (C=O) groups excluding carboxylic acids is 1. The van der Waals surface area contributed by atoms with E-state index in [-0.39, 0.29) is 11.2 Å². The summed E-state index contributed by atoms with van der Waals surface area (Å²) in [6.45, 7) is 8.63. The fraction of sp³-hybridized carbons (Fsp3) is 0.286. The molecule has 2 rings (SSSR count). The largest absolute Gasteiger partial charge is 0.507 e. The lowest BCUT2D eigenvalue weighted by Crippen LogP contribution is -2.10. The smallest absolute Gasteiger partial charge is 0.330 e. The normalized spacial score (nSPS) is 11.7. The summed E-state index contributed by atoms with van der Waals surface area (Å²) in [5.41, 5.74) is 4.01. The van der Waals surface area contributed by atoms with E-state index in [0.717, 1.165) is 11.1 Å². The third-order valence-electron chi connectivity index (χ3n) is 3.80. The quantitative estimate of drug-likeness (QED) is 0.640. The van der Waals surface area contributed by atoms with Crippen molar-refractivity contribution in [2.75, 3.05) is 6.61 Å². The highest BCUT2D eigenvalue weighted by Crippen LogP contribution is 2.29. The van der Waals surface area contributed by atoms with E-state index in [1.165, 1.54) is 11.6 Å². The first-order valence-corrected chi connectivity index (χ1v) is 8.10.